The predicted molar refractivity (Wildman–Crippen MR) is 101 cm³/mol. The number of nitrogens with one attached hydrogen (secondary N) is 2. The smallest absolute Gasteiger partial charge is 0.351 e. The molecule has 1 aromatic carbocycles. The number of hydrogen-bond acceptors (Lipinski definition) is 4. The van der Waals surface area contributed by atoms with Crippen molar-refractivity contribution in [2.75, 3.05) is 13.1 Å². The fourth-order valence-electron chi connectivity index (χ4n) is 2.73. The molecule has 0 saturated carbocycles. The number of carbonyl (C=O) groups is 1. The highest BCUT2D eigenvalue weighted by atomic mass is 32.2. The van der Waals surface area contributed by atoms with Crippen molar-refractivity contribution in [2.24, 2.45) is 0 Å². The molecule has 11 heteroatoms. The van der Waals surface area contributed by atoms with Gasteiger partial charge in [0.1, 0.15) is 0 Å². The topological polar surface area (TPSA) is 93.1 Å². The van der Waals surface area contributed by atoms with Crippen LogP contribution < -0.4 is 10.0 Å². The molecule has 1 aromatic heterocycles. The van der Waals surface area contributed by atoms with Crippen LogP contribution in [-0.2, 0) is 16.2 Å². The number of nitrogens with zero attached hydrogens (tertiary/aromatic N) is 2. The summed E-state index contributed by atoms with van der Waals surface area (Å²) in [6.45, 7) is 6.08. The Labute approximate surface area is 167 Å². The minimum absolute atomic E-state index is 0.112. The first kappa shape index (κ1) is 22.9. The molecular formula is C18H23F3N4O3S. The molecule has 1 heterocycles. The molecule has 0 aliphatic carbocycles. The molecule has 0 saturated heterocycles. The van der Waals surface area contributed by atoms with E-state index in [1.165, 1.54) is 19.9 Å². The van der Waals surface area contributed by atoms with Gasteiger partial charge < -0.3 is 5.32 Å². The summed E-state index contributed by atoms with van der Waals surface area (Å²) in [5.74, 6) is -0.977. The largest absolute Gasteiger partial charge is 0.433 e. The lowest BCUT2D eigenvalue weighted by molar-refractivity contribution is -0.145. The monoisotopic (exact) mass is 432 g/mol. The number of hydrogen-bond donors (Lipinski definition) is 2. The number of alkyl halides is 3. The van der Waals surface area contributed by atoms with E-state index in [9.17, 15) is 26.4 Å². The van der Waals surface area contributed by atoms with Crippen LogP contribution >= 0.6 is 0 Å². The summed E-state index contributed by atoms with van der Waals surface area (Å²) >= 11 is 0. The third-order valence-electron chi connectivity index (χ3n) is 4.13. The molecule has 0 radical (unpaired) electrons. The first-order valence-corrected chi connectivity index (χ1v) is 10.3. The zero-order valence-electron chi connectivity index (χ0n) is 16.5. The van der Waals surface area contributed by atoms with E-state index < -0.39 is 39.4 Å². The van der Waals surface area contributed by atoms with Gasteiger partial charge in [0.25, 0.3) is 5.91 Å². The van der Waals surface area contributed by atoms with Crippen LogP contribution in [0.2, 0.25) is 0 Å². The van der Waals surface area contributed by atoms with E-state index in [2.05, 4.69) is 15.1 Å². The van der Waals surface area contributed by atoms with Crippen LogP contribution in [0.15, 0.2) is 29.3 Å². The lowest BCUT2D eigenvalue weighted by Crippen LogP contribution is -2.35. The Kier molecular flexibility index (Phi) is 6.74. The Balaban J connectivity index is 2.05. The van der Waals surface area contributed by atoms with Crippen molar-refractivity contribution < 1.29 is 26.4 Å². The van der Waals surface area contributed by atoms with Gasteiger partial charge in [-0.1, -0.05) is 12.1 Å². The third-order valence-corrected chi connectivity index (χ3v) is 5.74. The Morgan fingerprint density at radius 1 is 1.21 bits per heavy atom. The molecule has 29 heavy (non-hydrogen) atoms. The zero-order valence-corrected chi connectivity index (χ0v) is 17.3. The van der Waals surface area contributed by atoms with E-state index >= 15 is 0 Å². The van der Waals surface area contributed by atoms with Gasteiger partial charge in [-0.2, -0.15) is 18.3 Å². The minimum atomic E-state index is -4.75. The molecule has 0 unspecified atom stereocenters. The van der Waals surface area contributed by atoms with Gasteiger partial charge in [-0.25, -0.2) is 13.1 Å². The number of rotatable bonds is 7. The van der Waals surface area contributed by atoms with Crippen LogP contribution in [0.25, 0.3) is 0 Å². The average molecular weight is 432 g/mol. The van der Waals surface area contributed by atoms with E-state index in [0.29, 0.717) is 5.56 Å². The van der Waals surface area contributed by atoms with Crippen LogP contribution in [-0.4, -0.2) is 37.2 Å². The highest BCUT2D eigenvalue weighted by Crippen LogP contribution is 2.33. The van der Waals surface area contributed by atoms with Crippen molar-refractivity contribution in [2.45, 2.75) is 44.8 Å². The SMILES string of the molecule is Cc1ccc(C)c(S(=O)(=O)NCCNC(=O)c2cnn(C(C)C)c2C(F)(F)F)c1. The highest BCUT2D eigenvalue weighted by molar-refractivity contribution is 7.89. The fourth-order valence-corrected chi connectivity index (χ4v) is 4.09. The van der Waals surface area contributed by atoms with Crippen LogP contribution in [0.3, 0.4) is 0 Å². The Morgan fingerprint density at radius 2 is 1.86 bits per heavy atom. The van der Waals surface area contributed by atoms with Crippen LogP contribution in [0.1, 0.15) is 47.1 Å². The Hall–Kier alpha value is -2.40. The summed E-state index contributed by atoms with van der Waals surface area (Å²) in [6.07, 6.45) is -3.89. The molecule has 0 bridgehead atoms. The van der Waals surface area contributed by atoms with E-state index in [0.717, 1.165) is 16.4 Å². The fraction of sp³-hybridized carbons (Fsp3) is 0.444. The van der Waals surface area contributed by atoms with E-state index in [-0.39, 0.29) is 18.0 Å². The highest BCUT2D eigenvalue weighted by Gasteiger charge is 2.40. The van der Waals surface area contributed by atoms with Gasteiger partial charge in [0.2, 0.25) is 10.0 Å². The molecule has 160 valence electrons. The predicted octanol–water partition coefficient (Wildman–Crippen LogP) is 2.81. The number of aryl methyl sites for hydroxylation is 2. The van der Waals surface area contributed by atoms with Gasteiger partial charge in [0, 0.05) is 19.1 Å². The zero-order chi connectivity index (χ0) is 22.0. The van der Waals surface area contributed by atoms with Gasteiger partial charge in [-0.15, -0.1) is 0 Å². The molecule has 2 rings (SSSR count). The average Bonchev–Trinajstić information content (AvgIpc) is 3.06. The quantitative estimate of drug-likeness (QED) is 0.658. The Bertz CT molecular complexity index is 998. The summed E-state index contributed by atoms with van der Waals surface area (Å²) in [5, 5.41) is 5.95. The maximum absolute atomic E-state index is 13.3. The van der Waals surface area contributed by atoms with Crippen LogP contribution in [0, 0.1) is 13.8 Å². The molecule has 1 amide bonds. The molecule has 2 N–H and O–H groups in total. The third kappa shape index (κ3) is 5.36. The lowest BCUT2D eigenvalue weighted by atomic mass is 10.2. The lowest BCUT2D eigenvalue weighted by Gasteiger charge is -2.15. The van der Waals surface area contributed by atoms with Crippen molar-refractivity contribution in [3.8, 4) is 0 Å². The maximum atomic E-state index is 13.3. The molecule has 7 nitrogen and oxygen atoms in total. The molecule has 0 fully saturated rings. The summed E-state index contributed by atoms with van der Waals surface area (Å²) < 4.78 is 67.9. The maximum Gasteiger partial charge on any atom is 0.433 e. The van der Waals surface area contributed by atoms with Crippen molar-refractivity contribution in [3.05, 3.63) is 46.8 Å². The van der Waals surface area contributed by atoms with Crippen molar-refractivity contribution in [1.29, 1.82) is 0 Å². The summed E-state index contributed by atoms with van der Waals surface area (Å²) in [5.41, 5.74) is -0.418. The summed E-state index contributed by atoms with van der Waals surface area (Å²) in [4.78, 5) is 12.3. The second-order valence-electron chi connectivity index (χ2n) is 6.87. The number of halogens is 3. The number of benzene rings is 1. The van der Waals surface area contributed by atoms with Crippen LogP contribution in [0.4, 0.5) is 13.2 Å². The number of amides is 1. The Morgan fingerprint density at radius 3 is 2.45 bits per heavy atom. The molecule has 0 spiro atoms. The standard InChI is InChI=1S/C18H23F3N4O3S/c1-11(2)25-16(18(19,20)21)14(10-23-25)17(26)22-7-8-24-29(27,28)15-9-12(3)5-6-13(15)4/h5-6,9-11,24H,7-8H2,1-4H3,(H,22,26). The van der Waals surface area contributed by atoms with Gasteiger partial charge in [0.05, 0.1) is 16.7 Å². The van der Waals surface area contributed by atoms with Gasteiger partial charge in [-0.05, 0) is 44.9 Å². The number of aromatic nitrogens is 2. The van der Waals surface area contributed by atoms with Crippen molar-refractivity contribution in [3.63, 3.8) is 0 Å². The van der Waals surface area contributed by atoms with E-state index in [1.807, 2.05) is 0 Å². The first-order valence-electron chi connectivity index (χ1n) is 8.84. The first-order chi connectivity index (χ1) is 13.3. The van der Waals surface area contributed by atoms with Gasteiger partial charge in [-0.3, -0.25) is 9.48 Å². The molecule has 2 aromatic rings. The van der Waals surface area contributed by atoms with Gasteiger partial charge >= 0.3 is 6.18 Å². The van der Waals surface area contributed by atoms with Crippen LogP contribution in [0.5, 0.6) is 0 Å². The summed E-state index contributed by atoms with van der Waals surface area (Å²) in [6, 6.07) is 4.39. The second kappa shape index (κ2) is 8.54. The molecular weight excluding hydrogens is 409 g/mol. The number of sulfonamides is 1. The molecule has 0 aliphatic rings. The molecule has 0 atom stereocenters. The van der Waals surface area contributed by atoms with E-state index in [4.69, 9.17) is 0 Å². The molecule has 0 aliphatic heterocycles. The second-order valence-corrected chi connectivity index (χ2v) is 8.60. The minimum Gasteiger partial charge on any atom is -0.351 e. The van der Waals surface area contributed by atoms with Crippen molar-refractivity contribution >= 4 is 15.9 Å². The van der Waals surface area contributed by atoms with Crippen molar-refractivity contribution in [1.82, 2.24) is 19.8 Å². The number of carbonyl (C=O) groups excluding carboxylic acids is 1. The van der Waals surface area contributed by atoms with E-state index in [1.54, 1.807) is 26.0 Å². The van der Waals surface area contributed by atoms with Gasteiger partial charge in [0.15, 0.2) is 5.69 Å². The normalized spacial score (nSPS) is 12.4. The summed E-state index contributed by atoms with van der Waals surface area (Å²) in [7, 11) is -3.81.